The zero-order valence-corrected chi connectivity index (χ0v) is 17.5. The summed E-state index contributed by atoms with van der Waals surface area (Å²) in [6, 6.07) is 14.2. The molecule has 2 aromatic carbocycles. The molecule has 0 radical (unpaired) electrons. The number of benzene rings is 2. The van der Waals surface area contributed by atoms with E-state index in [2.05, 4.69) is 36.2 Å². The minimum atomic E-state index is 0.0452. The van der Waals surface area contributed by atoms with E-state index in [1.54, 1.807) is 0 Å². The maximum Gasteiger partial charge on any atom is 0.223 e. The second kappa shape index (κ2) is 9.47. The molecule has 0 unspecified atom stereocenters. The number of nitrogens with one attached hydrogen (secondary N) is 1. The van der Waals surface area contributed by atoms with Crippen LogP contribution in [0.1, 0.15) is 41.5 Å². The lowest BCUT2D eigenvalue weighted by atomic mass is 10.0. The summed E-state index contributed by atoms with van der Waals surface area (Å²) in [5.41, 5.74) is 5.31. The lowest BCUT2D eigenvalue weighted by molar-refractivity contribution is -0.122. The van der Waals surface area contributed by atoms with Crippen LogP contribution in [-0.4, -0.2) is 31.6 Å². The van der Waals surface area contributed by atoms with Gasteiger partial charge in [-0.25, -0.2) is 0 Å². The van der Waals surface area contributed by atoms with Gasteiger partial charge in [-0.05, 0) is 80.6 Å². The van der Waals surface area contributed by atoms with Crippen LogP contribution in [0.3, 0.4) is 0 Å². The third kappa shape index (κ3) is 5.51. The molecule has 0 atom stereocenters. The average molecular weight is 392 g/mol. The van der Waals surface area contributed by atoms with E-state index < -0.39 is 0 Å². The fourth-order valence-corrected chi connectivity index (χ4v) is 3.73. The Morgan fingerprint density at radius 2 is 1.86 bits per heavy atom. The van der Waals surface area contributed by atoms with E-state index >= 15 is 0 Å². The molecule has 29 heavy (non-hydrogen) atoms. The Hall–Kier alpha value is -3.00. The highest BCUT2D eigenvalue weighted by Gasteiger charge is 2.21. The molecule has 0 aliphatic carbocycles. The fraction of sp³-hybridized carbons (Fsp3) is 0.417. The van der Waals surface area contributed by atoms with Crippen LogP contribution in [0.25, 0.3) is 0 Å². The Balaban J connectivity index is 1.41. The van der Waals surface area contributed by atoms with Gasteiger partial charge in [0.05, 0.1) is 24.7 Å². The molecule has 2 aromatic rings. The monoisotopic (exact) mass is 391 g/mol. The van der Waals surface area contributed by atoms with E-state index in [9.17, 15) is 4.79 Å². The van der Waals surface area contributed by atoms with Gasteiger partial charge in [0.25, 0.3) is 0 Å². The van der Waals surface area contributed by atoms with Crippen molar-refractivity contribution in [1.82, 2.24) is 5.32 Å². The van der Waals surface area contributed by atoms with Crippen molar-refractivity contribution in [3.63, 3.8) is 0 Å². The molecule has 1 fully saturated rings. The molecule has 1 aliphatic heterocycles. The molecular weight excluding hydrogens is 362 g/mol. The maximum atomic E-state index is 12.3. The number of rotatable bonds is 6. The van der Waals surface area contributed by atoms with E-state index in [4.69, 9.17) is 10.00 Å². The van der Waals surface area contributed by atoms with Gasteiger partial charge >= 0.3 is 0 Å². The topological polar surface area (TPSA) is 65.4 Å². The normalized spacial score (nSPS) is 14.3. The first-order chi connectivity index (χ1) is 14.0. The second-order valence-corrected chi connectivity index (χ2v) is 7.79. The second-order valence-electron chi connectivity index (χ2n) is 7.79. The van der Waals surface area contributed by atoms with Crippen molar-refractivity contribution < 1.29 is 9.53 Å². The number of carbonyl (C=O) groups is 1. The first-order valence-corrected chi connectivity index (χ1v) is 10.2. The van der Waals surface area contributed by atoms with Crippen LogP contribution in [-0.2, 0) is 4.79 Å². The summed E-state index contributed by atoms with van der Waals surface area (Å²) in [6.07, 6.45) is 2.20. The predicted molar refractivity (Wildman–Crippen MR) is 115 cm³/mol. The molecule has 1 saturated heterocycles. The van der Waals surface area contributed by atoms with Crippen LogP contribution >= 0.6 is 0 Å². The van der Waals surface area contributed by atoms with Crippen LogP contribution in [0.4, 0.5) is 5.69 Å². The number of nitriles is 1. The molecule has 0 aromatic heterocycles. The Kier molecular flexibility index (Phi) is 6.77. The van der Waals surface area contributed by atoms with Crippen LogP contribution < -0.4 is 15.0 Å². The van der Waals surface area contributed by atoms with Gasteiger partial charge < -0.3 is 15.0 Å². The molecule has 152 valence electrons. The summed E-state index contributed by atoms with van der Waals surface area (Å²) in [5.74, 6) is 0.912. The number of carbonyl (C=O) groups excluding carboxylic acids is 1. The number of ether oxygens (including phenoxy) is 1. The zero-order valence-electron chi connectivity index (χ0n) is 17.5. The molecular formula is C24H29N3O2. The van der Waals surface area contributed by atoms with E-state index in [1.807, 2.05) is 37.3 Å². The van der Waals surface area contributed by atoms with Crippen molar-refractivity contribution >= 4 is 11.6 Å². The molecule has 1 N–H and O–H groups in total. The van der Waals surface area contributed by atoms with Gasteiger partial charge in [0.2, 0.25) is 5.91 Å². The Morgan fingerprint density at radius 1 is 1.17 bits per heavy atom. The number of hydrogen-bond donors (Lipinski definition) is 1. The van der Waals surface area contributed by atoms with Crippen molar-refractivity contribution in [3.05, 3.63) is 58.7 Å². The Bertz CT molecular complexity index is 892. The van der Waals surface area contributed by atoms with Gasteiger partial charge in [-0.2, -0.15) is 5.26 Å². The smallest absolute Gasteiger partial charge is 0.223 e. The molecule has 0 spiro atoms. The van der Waals surface area contributed by atoms with Crippen molar-refractivity contribution in [3.8, 4) is 11.8 Å². The van der Waals surface area contributed by atoms with Gasteiger partial charge in [-0.15, -0.1) is 0 Å². The Morgan fingerprint density at radius 3 is 2.52 bits per heavy atom. The van der Waals surface area contributed by atoms with Crippen molar-refractivity contribution in [2.75, 3.05) is 24.6 Å². The minimum Gasteiger partial charge on any atom is -0.493 e. The quantitative estimate of drug-likeness (QED) is 0.807. The first-order valence-electron chi connectivity index (χ1n) is 10.2. The summed E-state index contributed by atoms with van der Waals surface area (Å²) in [7, 11) is 0. The van der Waals surface area contributed by atoms with Crippen molar-refractivity contribution in [1.29, 1.82) is 5.26 Å². The summed E-state index contributed by atoms with van der Waals surface area (Å²) in [6.45, 7) is 8.36. The molecule has 1 aliphatic rings. The largest absolute Gasteiger partial charge is 0.493 e. The number of anilines is 1. The third-order valence-electron chi connectivity index (χ3n) is 5.57. The summed E-state index contributed by atoms with van der Waals surface area (Å²) < 4.78 is 5.86. The van der Waals surface area contributed by atoms with Crippen LogP contribution in [0.2, 0.25) is 0 Å². The van der Waals surface area contributed by atoms with E-state index in [0.717, 1.165) is 42.9 Å². The van der Waals surface area contributed by atoms with E-state index in [1.165, 1.54) is 11.1 Å². The highest BCUT2D eigenvalue weighted by molar-refractivity contribution is 5.76. The van der Waals surface area contributed by atoms with Gasteiger partial charge in [0, 0.05) is 24.8 Å². The average Bonchev–Trinajstić information content (AvgIpc) is 2.72. The number of piperidine rings is 1. The van der Waals surface area contributed by atoms with Crippen molar-refractivity contribution in [2.45, 2.75) is 46.1 Å². The van der Waals surface area contributed by atoms with Gasteiger partial charge in [0.1, 0.15) is 5.75 Å². The lowest BCUT2D eigenvalue weighted by Gasteiger charge is -2.34. The lowest BCUT2D eigenvalue weighted by Crippen LogP contribution is -2.45. The van der Waals surface area contributed by atoms with E-state index in [0.29, 0.717) is 18.6 Å². The number of aryl methyl sites for hydroxylation is 2. The van der Waals surface area contributed by atoms with Crippen LogP contribution in [0.5, 0.6) is 5.75 Å². The van der Waals surface area contributed by atoms with Gasteiger partial charge in [-0.1, -0.05) is 6.07 Å². The third-order valence-corrected chi connectivity index (χ3v) is 5.57. The molecule has 0 bridgehead atoms. The Labute approximate surface area is 173 Å². The minimum absolute atomic E-state index is 0.0452. The van der Waals surface area contributed by atoms with Crippen LogP contribution in [0.15, 0.2) is 36.4 Å². The zero-order chi connectivity index (χ0) is 20.8. The summed E-state index contributed by atoms with van der Waals surface area (Å²) >= 11 is 0. The first kappa shape index (κ1) is 20.7. The van der Waals surface area contributed by atoms with Crippen LogP contribution in [0, 0.1) is 32.1 Å². The standard InChI is InChI=1S/C24H29N3O2/c1-17-14-18(2)19(3)23(15-17)29-13-10-24(28)26-21-8-11-27(12-9-21)22-6-4-20(16-25)5-7-22/h4-7,14-15,21H,8-13H2,1-3H3,(H,26,28). The number of nitrogens with zero attached hydrogens (tertiary/aromatic N) is 2. The summed E-state index contributed by atoms with van der Waals surface area (Å²) in [5, 5.41) is 12.1. The number of hydrogen-bond acceptors (Lipinski definition) is 4. The highest BCUT2D eigenvalue weighted by Crippen LogP contribution is 2.23. The highest BCUT2D eigenvalue weighted by atomic mass is 16.5. The molecule has 5 nitrogen and oxygen atoms in total. The molecule has 0 saturated carbocycles. The SMILES string of the molecule is Cc1cc(C)c(C)c(OCCC(=O)NC2CCN(c3ccc(C#N)cc3)CC2)c1. The predicted octanol–water partition coefficient (Wildman–Crippen LogP) is 4.04. The molecule has 1 amide bonds. The summed E-state index contributed by atoms with van der Waals surface area (Å²) in [4.78, 5) is 14.6. The van der Waals surface area contributed by atoms with Gasteiger partial charge in [0.15, 0.2) is 0 Å². The molecule has 1 heterocycles. The molecule has 3 rings (SSSR count). The van der Waals surface area contributed by atoms with E-state index in [-0.39, 0.29) is 11.9 Å². The van der Waals surface area contributed by atoms with Gasteiger partial charge in [-0.3, -0.25) is 4.79 Å². The maximum absolute atomic E-state index is 12.3. The molecule has 5 heteroatoms. The number of amides is 1. The fourth-order valence-electron chi connectivity index (χ4n) is 3.73. The van der Waals surface area contributed by atoms with Crippen molar-refractivity contribution in [2.24, 2.45) is 0 Å².